The van der Waals surface area contributed by atoms with E-state index in [1.165, 1.54) is 13.1 Å². The molecular formula is C22H25F4N9O3. The van der Waals surface area contributed by atoms with Gasteiger partial charge in [0.15, 0.2) is 5.69 Å². The molecule has 0 aliphatic heterocycles. The average molecular weight is 539 g/mol. The highest BCUT2D eigenvalue weighted by molar-refractivity contribution is 6.01. The average Bonchev–Trinajstić information content (AvgIpc) is 3.74. The van der Waals surface area contributed by atoms with Crippen molar-refractivity contribution in [3.05, 3.63) is 35.4 Å². The van der Waals surface area contributed by atoms with Crippen LogP contribution in [0, 0.1) is 30.6 Å². The molecule has 0 aromatic carbocycles. The largest absolute Gasteiger partial charge is 0.408 e. The molecule has 3 aromatic rings. The highest BCUT2D eigenvalue weighted by Crippen LogP contribution is 2.51. The molecule has 2 N–H and O–H groups in total. The smallest absolute Gasteiger partial charge is 0.338 e. The molecule has 2 aliphatic rings. The molecular weight excluding hydrogens is 514 g/mol. The van der Waals surface area contributed by atoms with Crippen LogP contribution in [0.5, 0.6) is 0 Å². The van der Waals surface area contributed by atoms with Crippen molar-refractivity contribution in [1.82, 2.24) is 40.4 Å². The van der Waals surface area contributed by atoms with Gasteiger partial charge in [-0.1, -0.05) is 10.4 Å². The van der Waals surface area contributed by atoms with Gasteiger partial charge in [-0.15, -0.1) is 10.2 Å². The van der Waals surface area contributed by atoms with E-state index >= 15 is 0 Å². The Bertz CT molecular complexity index is 1310. The van der Waals surface area contributed by atoms with Gasteiger partial charge in [0.1, 0.15) is 24.0 Å². The number of hydrogen-bond acceptors (Lipinski definition) is 8. The minimum absolute atomic E-state index is 0.0481. The minimum Gasteiger partial charge on any atom is -0.338 e. The molecule has 2 saturated carbocycles. The van der Waals surface area contributed by atoms with Crippen LogP contribution in [0.25, 0.3) is 0 Å². The lowest BCUT2D eigenvalue weighted by molar-refractivity contribution is -0.143. The quantitative estimate of drug-likeness (QED) is 0.374. The van der Waals surface area contributed by atoms with E-state index in [1.54, 1.807) is 6.92 Å². The Morgan fingerprint density at radius 2 is 1.87 bits per heavy atom. The Balaban J connectivity index is 1.36. The summed E-state index contributed by atoms with van der Waals surface area (Å²) in [6.07, 6.45) is 1.48. The maximum absolute atomic E-state index is 14.8. The predicted octanol–water partition coefficient (Wildman–Crippen LogP) is 2.65. The molecule has 1 unspecified atom stereocenters. The summed E-state index contributed by atoms with van der Waals surface area (Å²) in [4.78, 5) is 26.3. The zero-order valence-electron chi connectivity index (χ0n) is 20.4. The number of nitrogens with one attached hydrogen (secondary N) is 2. The summed E-state index contributed by atoms with van der Waals surface area (Å²) in [5, 5.41) is 23.1. The van der Waals surface area contributed by atoms with Crippen LogP contribution in [0.3, 0.4) is 0 Å². The van der Waals surface area contributed by atoms with E-state index in [1.807, 2.05) is 0 Å². The normalized spacial score (nSPS) is 17.4. The fraction of sp³-hybridized carbons (Fsp3) is 0.591. The molecule has 0 bridgehead atoms. The maximum Gasteiger partial charge on any atom is 0.408 e. The van der Waals surface area contributed by atoms with E-state index in [4.69, 9.17) is 0 Å². The van der Waals surface area contributed by atoms with Crippen LogP contribution in [-0.2, 0) is 11.3 Å². The monoisotopic (exact) mass is 539 g/mol. The molecule has 0 radical (unpaired) electrons. The standard InChI is InChI=1S/C22H25F4N9O3/c1-10-17(32-38-31-10)20(36)29-18(16(12-3-4-12)13-5-6-13)21(37)28-14-8-34(30-19(14)23)11(2)15-7-27-33-35(15)9-22(24,25)26/h7-8,11-13,16,18H,3-6,9H2,1-2H3,(H,28,37)(H,29,36)/t11?,18-/m0/s1. The number of halogens is 4. The van der Waals surface area contributed by atoms with Crippen LogP contribution in [-0.4, -0.2) is 59.1 Å². The van der Waals surface area contributed by atoms with Crippen molar-refractivity contribution in [2.45, 2.75) is 64.3 Å². The summed E-state index contributed by atoms with van der Waals surface area (Å²) in [5.74, 6) is -1.93. The zero-order chi connectivity index (χ0) is 27.2. The molecule has 3 heterocycles. The van der Waals surface area contributed by atoms with Crippen LogP contribution >= 0.6 is 0 Å². The summed E-state index contributed by atoms with van der Waals surface area (Å²) in [5.41, 5.74) is -0.0193. The topological polar surface area (TPSA) is 146 Å². The second-order valence-corrected chi connectivity index (χ2v) is 9.81. The van der Waals surface area contributed by atoms with E-state index < -0.39 is 42.6 Å². The number of nitrogens with zero attached hydrogens (tertiary/aromatic N) is 7. The van der Waals surface area contributed by atoms with Crippen molar-refractivity contribution in [2.75, 3.05) is 5.32 Å². The van der Waals surface area contributed by atoms with Crippen LogP contribution < -0.4 is 10.6 Å². The lowest BCUT2D eigenvalue weighted by Gasteiger charge is -2.27. The number of aryl methyl sites for hydroxylation is 1. The Morgan fingerprint density at radius 1 is 1.18 bits per heavy atom. The predicted molar refractivity (Wildman–Crippen MR) is 120 cm³/mol. The van der Waals surface area contributed by atoms with Gasteiger partial charge in [-0.2, -0.15) is 17.6 Å². The van der Waals surface area contributed by atoms with Crippen LogP contribution in [0.15, 0.2) is 17.0 Å². The van der Waals surface area contributed by atoms with Gasteiger partial charge in [0.25, 0.3) is 11.9 Å². The first-order chi connectivity index (χ1) is 18.0. The van der Waals surface area contributed by atoms with Gasteiger partial charge in [-0.05, 0) is 62.4 Å². The summed E-state index contributed by atoms with van der Waals surface area (Å²) >= 11 is 0. The highest BCUT2D eigenvalue weighted by atomic mass is 19.4. The van der Waals surface area contributed by atoms with Crippen LogP contribution in [0.2, 0.25) is 0 Å². The van der Waals surface area contributed by atoms with Crippen LogP contribution in [0.1, 0.15) is 60.5 Å². The van der Waals surface area contributed by atoms with Crippen molar-refractivity contribution < 1.29 is 31.8 Å². The van der Waals surface area contributed by atoms with Crippen molar-refractivity contribution in [1.29, 1.82) is 0 Å². The maximum atomic E-state index is 14.8. The highest BCUT2D eigenvalue weighted by Gasteiger charge is 2.48. The fourth-order valence-electron chi connectivity index (χ4n) is 4.75. The number of carbonyl (C=O) groups is 2. The van der Waals surface area contributed by atoms with Crippen molar-refractivity contribution >= 4 is 17.5 Å². The molecule has 5 rings (SSSR count). The van der Waals surface area contributed by atoms with Crippen LogP contribution in [0.4, 0.5) is 23.2 Å². The molecule has 16 heteroatoms. The van der Waals surface area contributed by atoms with E-state index in [9.17, 15) is 27.2 Å². The molecule has 204 valence electrons. The second kappa shape index (κ2) is 9.79. The molecule has 2 atom stereocenters. The Hall–Kier alpha value is -3.85. The van der Waals surface area contributed by atoms with Gasteiger partial charge in [0.2, 0.25) is 5.91 Å². The van der Waals surface area contributed by atoms with E-state index in [2.05, 4.69) is 41.0 Å². The van der Waals surface area contributed by atoms with Crippen molar-refractivity contribution in [3.63, 3.8) is 0 Å². The first-order valence-corrected chi connectivity index (χ1v) is 12.1. The van der Waals surface area contributed by atoms with Gasteiger partial charge < -0.3 is 10.6 Å². The van der Waals surface area contributed by atoms with Crippen molar-refractivity contribution in [2.24, 2.45) is 17.8 Å². The van der Waals surface area contributed by atoms with Gasteiger partial charge in [0.05, 0.1) is 24.1 Å². The second-order valence-electron chi connectivity index (χ2n) is 9.81. The number of carbonyl (C=O) groups excluding carboxylic acids is 2. The lowest BCUT2D eigenvalue weighted by atomic mass is 9.88. The van der Waals surface area contributed by atoms with Gasteiger partial charge in [-0.3, -0.25) is 14.3 Å². The first-order valence-electron chi connectivity index (χ1n) is 12.1. The Kier molecular flexibility index (Phi) is 6.65. The van der Waals surface area contributed by atoms with Gasteiger partial charge in [0, 0.05) is 0 Å². The van der Waals surface area contributed by atoms with E-state index in [-0.39, 0.29) is 40.5 Å². The zero-order valence-corrected chi connectivity index (χ0v) is 20.4. The van der Waals surface area contributed by atoms with Gasteiger partial charge >= 0.3 is 6.18 Å². The lowest BCUT2D eigenvalue weighted by Crippen LogP contribution is -2.50. The first kappa shape index (κ1) is 25.8. The molecule has 3 aromatic heterocycles. The minimum atomic E-state index is -4.53. The number of aromatic nitrogens is 7. The number of amides is 2. The number of rotatable bonds is 10. The van der Waals surface area contributed by atoms with E-state index in [0.717, 1.165) is 36.6 Å². The molecule has 2 amide bonds. The summed E-state index contributed by atoms with van der Waals surface area (Å²) < 4.78 is 59.8. The number of alkyl halides is 3. The third kappa shape index (κ3) is 5.52. The molecule has 2 fully saturated rings. The number of hydrogen-bond donors (Lipinski definition) is 2. The summed E-state index contributed by atoms with van der Waals surface area (Å²) in [7, 11) is 0. The van der Waals surface area contributed by atoms with Gasteiger partial charge in [-0.25, -0.2) is 9.31 Å². The molecule has 38 heavy (non-hydrogen) atoms. The molecule has 0 saturated heterocycles. The summed E-state index contributed by atoms with van der Waals surface area (Å²) in [6, 6.07) is -1.85. The fourth-order valence-corrected chi connectivity index (χ4v) is 4.75. The SMILES string of the molecule is Cc1nonc1C(=O)N[C@H](C(=O)Nc1cn(C(C)c2cnnn2CC(F)(F)F)nc1F)C(C1CC1)C1CC1. The van der Waals surface area contributed by atoms with E-state index in [0.29, 0.717) is 4.68 Å². The molecule has 2 aliphatic carbocycles. The number of anilines is 1. The third-order valence-electron chi connectivity index (χ3n) is 6.90. The Morgan fingerprint density at radius 3 is 2.45 bits per heavy atom. The van der Waals surface area contributed by atoms with Crippen molar-refractivity contribution in [3.8, 4) is 0 Å². The molecule has 0 spiro atoms. The Labute approximate surface area is 213 Å². The summed E-state index contributed by atoms with van der Waals surface area (Å²) in [6.45, 7) is 1.67. The third-order valence-corrected chi connectivity index (χ3v) is 6.90. The molecule has 12 nitrogen and oxygen atoms in total.